The summed E-state index contributed by atoms with van der Waals surface area (Å²) in [6.07, 6.45) is 0.0661. The number of esters is 1. The van der Waals surface area contributed by atoms with E-state index in [-0.39, 0.29) is 13.0 Å². The Morgan fingerprint density at radius 2 is 2.10 bits per heavy atom. The quantitative estimate of drug-likeness (QED) is 0.690. The number of carbonyl (C=O) groups is 2. The maximum atomic E-state index is 14.7. The summed E-state index contributed by atoms with van der Waals surface area (Å²) in [6, 6.07) is 0. The molecule has 0 aromatic heterocycles. The minimum Gasteiger partial charge on any atom is -0.480 e. The third-order valence-corrected chi connectivity index (χ3v) is 4.28. The van der Waals surface area contributed by atoms with Gasteiger partial charge in [0.05, 0.1) is 12.7 Å². The number of nitrogens with two attached hydrogens (primary N) is 1. The number of fused-ring (bicyclic) bond motifs is 1. The Morgan fingerprint density at radius 1 is 1.45 bits per heavy atom. The first-order valence-corrected chi connectivity index (χ1v) is 6.85. The second-order valence-corrected chi connectivity index (χ2v) is 5.41. The standard InChI is InChI=1S/C13H20FNO5/c1-3-5-20-8-6-7-9(13(8,15)10(16)17)12(7,14)11(18)19-4-2/h7-9H,3-6,15H2,1-2H3,(H,16,17)/t7-,8-,9+,12-,13+/m1/s1. The van der Waals surface area contributed by atoms with Crippen LogP contribution < -0.4 is 5.73 Å². The zero-order chi connectivity index (χ0) is 15.1. The van der Waals surface area contributed by atoms with Gasteiger partial charge in [-0.25, -0.2) is 9.18 Å². The van der Waals surface area contributed by atoms with E-state index in [2.05, 4.69) is 0 Å². The molecule has 0 aromatic rings. The van der Waals surface area contributed by atoms with Gasteiger partial charge in [0.1, 0.15) is 5.54 Å². The number of hydrogen-bond donors (Lipinski definition) is 2. The summed E-state index contributed by atoms with van der Waals surface area (Å²) in [5, 5.41) is 9.36. The zero-order valence-corrected chi connectivity index (χ0v) is 11.6. The first kappa shape index (κ1) is 15.2. The summed E-state index contributed by atoms with van der Waals surface area (Å²) < 4.78 is 24.8. The van der Waals surface area contributed by atoms with Crippen LogP contribution in [0.4, 0.5) is 4.39 Å². The van der Waals surface area contributed by atoms with E-state index in [0.29, 0.717) is 13.0 Å². The highest BCUT2D eigenvalue weighted by Gasteiger charge is 2.85. The van der Waals surface area contributed by atoms with Crippen molar-refractivity contribution < 1.29 is 28.6 Å². The SMILES string of the molecule is CCCO[C@@H]1C[C@@H]2[C@H]([C@]1(N)C(=O)O)[C@@]2(F)C(=O)OCC. The predicted octanol–water partition coefficient (Wildman–Crippen LogP) is 0.485. The Balaban J connectivity index is 2.20. The molecule has 0 bridgehead atoms. The van der Waals surface area contributed by atoms with Crippen LogP contribution in [0.15, 0.2) is 0 Å². The molecule has 2 rings (SSSR count). The Bertz CT molecular complexity index is 431. The van der Waals surface area contributed by atoms with E-state index in [1.165, 1.54) is 0 Å². The maximum absolute atomic E-state index is 14.7. The van der Waals surface area contributed by atoms with Gasteiger partial charge in [0, 0.05) is 18.4 Å². The number of halogens is 1. The lowest BCUT2D eigenvalue weighted by Crippen LogP contribution is -2.60. The van der Waals surface area contributed by atoms with Crippen LogP contribution in [0.3, 0.4) is 0 Å². The van der Waals surface area contributed by atoms with Crippen LogP contribution in [-0.2, 0) is 19.1 Å². The normalized spacial score (nSPS) is 42.1. The van der Waals surface area contributed by atoms with Crippen molar-refractivity contribution in [3.05, 3.63) is 0 Å². The van der Waals surface area contributed by atoms with Crippen LogP contribution in [0.25, 0.3) is 0 Å². The van der Waals surface area contributed by atoms with Crippen molar-refractivity contribution >= 4 is 11.9 Å². The molecule has 0 aliphatic heterocycles. The number of carboxylic acid groups (broad SMARTS) is 1. The first-order valence-electron chi connectivity index (χ1n) is 6.85. The summed E-state index contributed by atoms with van der Waals surface area (Å²) in [5.74, 6) is -4.16. The molecule has 6 nitrogen and oxygen atoms in total. The molecule has 2 aliphatic rings. The van der Waals surface area contributed by atoms with E-state index in [1.54, 1.807) is 6.92 Å². The lowest BCUT2D eigenvalue weighted by Gasteiger charge is -2.31. The fourth-order valence-electron chi connectivity index (χ4n) is 3.30. The molecule has 0 heterocycles. The highest BCUT2D eigenvalue weighted by Crippen LogP contribution is 2.67. The predicted molar refractivity (Wildman–Crippen MR) is 66.7 cm³/mol. The Kier molecular flexibility index (Phi) is 3.77. The van der Waals surface area contributed by atoms with Crippen molar-refractivity contribution in [2.45, 2.75) is 44.0 Å². The van der Waals surface area contributed by atoms with Crippen LogP contribution in [0.5, 0.6) is 0 Å². The summed E-state index contributed by atoms with van der Waals surface area (Å²) in [4.78, 5) is 23.2. The molecule has 7 heteroatoms. The van der Waals surface area contributed by atoms with E-state index in [4.69, 9.17) is 15.2 Å². The third-order valence-electron chi connectivity index (χ3n) is 4.28. The Labute approximate surface area is 116 Å². The minimum atomic E-state index is -2.28. The van der Waals surface area contributed by atoms with Gasteiger partial charge in [-0.2, -0.15) is 0 Å². The van der Waals surface area contributed by atoms with Gasteiger partial charge in [0.15, 0.2) is 0 Å². The molecule has 0 radical (unpaired) electrons. The molecular formula is C13H20FNO5. The van der Waals surface area contributed by atoms with Crippen LogP contribution in [0.2, 0.25) is 0 Å². The summed E-state index contributed by atoms with van der Waals surface area (Å²) in [6.45, 7) is 3.85. The number of carbonyl (C=O) groups excluding carboxylic acids is 1. The first-order chi connectivity index (χ1) is 9.34. The van der Waals surface area contributed by atoms with Gasteiger partial charge in [0.2, 0.25) is 5.67 Å². The summed E-state index contributed by atoms with van der Waals surface area (Å²) >= 11 is 0. The highest BCUT2D eigenvalue weighted by atomic mass is 19.1. The van der Waals surface area contributed by atoms with Gasteiger partial charge in [-0.15, -0.1) is 0 Å². The van der Waals surface area contributed by atoms with E-state index in [1.807, 2.05) is 6.92 Å². The molecule has 0 unspecified atom stereocenters. The Morgan fingerprint density at radius 3 is 2.60 bits per heavy atom. The van der Waals surface area contributed by atoms with Crippen molar-refractivity contribution in [1.29, 1.82) is 0 Å². The largest absolute Gasteiger partial charge is 0.480 e. The molecule has 0 aromatic carbocycles. The van der Waals surface area contributed by atoms with Crippen molar-refractivity contribution in [2.75, 3.05) is 13.2 Å². The lowest BCUT2D eigenvalue weighted by molar-refractivity contribution is -0.159. The second-order valence-electron chi connectivity index (χ2n) is 5.41. The summed E-state index contributed by atoms with van der Waals surface area (Å²) in [7, 11) is 0. The minimum absolute atomic E-state index is 0.0460. The third kappa shape index (κ3) is 1.83. The fourth-order valence-corrected chi connectivity index (χ4v) is 3.30. The van der Waals surface area contributed by atoms with Crippen LogP contribution in [-0.4, -0.2) is 47.6 Å². The smallest absolute Gasteiger partial charge is 0.344 e. The van der Waals surface area contributed by atoms with Crippen molar-refractivity contribution in [3.63, 3.8) is 0 Å². The number of ether oxygens (including phenoxy) is 2. The number of carboxylic acids is 1. The average molecular weight is 289 g/mol. The van der Waals surface area contributed by atoms with Gasteiger partial charge in [0.25, 0.3) is 0 Å². The second kappa shape index (κ2) is 4.96. The highest BCUT2D eigenvalue weighted by molar-refractivity contribution is 5.91. The molecular weight excluding hydrogens is 269 g/mol. The van der Waals surface area contributed by atoms with Gasteiger partial charge >= 0.3 is 11.9 Å². The monoisotopic (exact) mass is 289 g/mol. The maximum Gasteiger partial charge on any atom is 0.344 e. The molecule has 3 N–H and O–H groups in total. The number of alkyl halides is 1. The average Bonchev–Trinajstić information content (AvgIpc) is 2.86. The van der Waals surface area contributed by atoms with Gasteiger partial charge < -0.3 is 20.3 Å². The number of rotatable bonds is 6. The zero-order valence-electron chi connectivity index (χ0n) is 11.6. The van der Waals surface area contributed by atoms with E-state index < -0.39 is 41.1 Å². The van der Waals surface area contributed by atoms with Crippen molar-refractivity contribution in [1.82, 2.24) is 0 Å². The van der Waals surface area contributed by atoms with Crippen LogP contribution in [0.1, 0.15) is 26.7 Å². The lowest BCUT2D eigenvalue weighted by atomic mass is 9.88. The molecule has 0 amide bonds. The molecule has 5 atom stereocenters. The fraction of sp³-hybridized carbons (Fsp3) is 0.846. The Hall–Kier alpha value is -1.21. The van der Waals surface area contributed by atoms with Gasteiger partial charge in [-0.3, -0.25) is 4.79 Å². The van der Waals surface area contributed by atoms with Crippen molar-refractivity contribution in [3.8, 4) is 0 Å². The number of aliphatic carboxylic acids is 1. The molecule has 2 aliphatic carbocycles. The van der Waals surface area contributed by atoms with E-state index in [9.17, 15) is 19.1 Å². The van der Waals surface area contributed by atoms with Crippen LogP contribution >= 0.6 is 0 Å². The van der Waals surface area contributed by atoms with Crippen molar-refractivity contribution in [2.24, 2.45) is 17.6 Å². The van der Waals surface area contributed by atoms with E-state index in [0.717, 1.165) is 0 Å². The molecule has 20 heavy (non-hydrogen) atoms. The molecule has 114 valence electrons. The topological polar surface area (TPSA) is 98.9 Å². The molecule has 0 spiro atoms. The van der Waals surface area contributed by atoms with Gasteiger partial charge in [-0.1, -0.05) is 6.92 Å². The molecule has 0 saturated heterocycles. The number of hydrogen-bond acceptors (Lipinski definition) is 5. The molecule has 2 saturated carbocycles. The van der Waals surface area contributed by atoms with E-state index >= 15 is 0 Å². The summed E-state index contributed by atoms with van der Waals surface area (Å²) in [5.41, 5.74) is 1.75. The molecule has 2 fully saturated rings. The van der Waals surface area contributed by atoms with Crippen LogP contribution in [0, 0.1) is 11.8 Å². The van der Waals surface area contributed by atoms with Gasteiger partial charge in [-0.05, 0) is 19.8 Å².